The molecule has 0 saturated carbocycles. The Morgan fingerprint density at radius 1 is 1.33 bits per heavy atom. The number of fused-ring (bicyclic) bond motifs is 1. The number of carbonyl (C=O) groups excluding carboxylic acids is 1. The predicted molar refractivity (Wildman–Crippen MR) is 91.2 cm³/mol. The normalized spacial score (nSPS) is 20.8. The van der Waals surface area contributed by atoms with Gasteiger partial charge in [0.25, 0.3) is 0 Å². The van der Waals surface area contributed by atoms with Crippen molar-refractivity contribution in [2.75, 3.05) is 25.4 Å². The van der Waals surface area contributed by atoms with E-state index in [2.05, 4.69) is 34.9 Å². The maximum Gasteiger partial charge on any atom is 0.237 e. The third-order valence-corrected chi connectivity index (χ3v) is 5.12. The second kappa shape index (κ2) is 7.87. The van der Waals surface area contributed by atoms with Crippen molar-refractivity contribution in [1.29, 1.82) is 0 Å². The standard InChI is InChI=1S/C16H20N2OS.ClH/c19-16(18-11-12-5-8-17-9-6-12)15-14-4-2-1-3-13(14)7-10-20-15;/h1-5,15,17H,6-11H2,(H,18,19);1H. The number of benzene rings is 1. The molecule has 1 atom stereocenters. The Morgan fingerprint density at radius 2 is 2.19 bits per heavy atom. The van der Waals surface area contributed by atoms with Gasteiger partial charge in [0.15, 0.2) is 0 Å². The largest absolute Gasteiger partial charge is 0.351 e. The van der Waals surface area contributed by atoms with Gasteiger partial charge in [0.1, 0.15) is 5.25 Å². The summed E-state index contributed by atoms with van der Waals surface area (Å²) in [6.07, 6.45) is 4.29. The minimum atomic E-state index is -0.0396. The van der Waals surface area contributed by atoms with Gasteiger partial charge in [-0.1, -0.05) is 35.9 Å². The molecule has 114 valence electrons. The van der Waals surface area contributed by atoms with Crippen molar-refractivity contribution < 1.29 is 4.79 Å². The SMILES string of the molecule is Cl.O=C(NCC1=CCNCC1)C1SCCc2ccccc21. The van der Waals surface area contributed by atoms with E-state index in [9.17, 15) is 4.79 Å². The summed E-state index contributed by atoms with van der Waals surface area (Å²) in [6.45, 7) is 2.63. The fourth-order valence-corrected chi connectivity index (χ4v) is 3.95. The Hall–Kier alpha value is -0.970. The lowest BCUT2D eigenvalue weighted by Crippen LogP contribution is -2.33. The summed E-state index contributed by atoms with van der Waals surface area (Å²) in [5.74, 6) is 1.18. The van der Waals surface area contributed by atoms with Gasteiger partial charge in [-0.3, -0.25) is 4.79 Å². The summed E-state index contributed by atoms with van der Waals surface area (Å²) < 4.78 is 0. The molecule has 2 heterocycles. The zero-order chi connectivity index (χ0) is 13.8. The van der Waals surface area contributed by atoms with Crippen molar-refractivity contribution in [1.82, 2.24) is 10.6 Å². The second-order valence-corrected chi connectivity index (χ2v) is 6.45. The number of thioether (sulfide) groups is 1. The van der Waals surface area contributed by atoms with E-state index in [0.717, 1.165) is 31.7 Å². The first-order valence-electron chi connectivity index (χ1n) is 7.20. The van der Waals surface area contributed by atoms with Crippen molar-refractivity contribution in [3.8, 4) is 0 Å². The van der Waals surface area contributed by atoms with Gasteiger partial charge < -0.3 is 10.6 Å². The molecule has 3 rings (SSSR count). The zero-order valence-electron chi connectivity index (χ0n) is 11.9. The van der Waals surface area contributed by atoms with Gasteiger partial charge in [-0.15, -0.1) is 24.2 Å². The summed E-state index contributed by atoms with van der Waals surface area (Å²) >= 11 is 1.76. The maximum atomic E-state index is 12.4. The van der Waals surface area contributed by atoms with Crippen LogP contribution < -0.4 is 10.6 Å². The molecule has 0 saturated heterocycles. The van der Waals surface area contributed by atoms with Crippen LogP contribution >= 0.6 is 24.2 Å². The fraction of sp³-hybridized carbons (Fsp3) is 0.438. The summed E-state index contributed by atoms with van der Waals surface area (Å²) in [5.41, 5.74) is 3.86. The molecule has 1 aromatic rings. The van der Waals surface area contributed by atoms with Crippen LogP contribution in [-0.4, -0.2) is 31.3 Å². The molecule has 2 N–H and O–H groups in total. The van der Waals surface area contributed by atoms with Crippen LogP contribution in [0.4, 0.5) is 0 Å². The van der Waals surface area contributed by atoms with E-state index in [4.69, 9.17) is 0 Å². The van der Waals surface area contributed by atoms with Crippen molar-refractivity contribution in [2.45, 2.75) is 18.1 Å². The number of carbonyl (C=O) groups is 1. The molecule has 0 bridgehead atoms. The van der Waals surface area contributed by atoms with Gasteiger partial charge in [0.05, 0.1) is 0 Å². The molecule has 2 aliphatic rings. The van der Waals surface area contributed by atoms with Crippen LogP contribution in [0.5, 0.6) is 0 Å². The highest BCUT2D eigenvalue weighted by Gasteiger charge is 2.26. The summed E-state index contributed by atoms with van der Waals surface area (Å²) in [6, 6.07) is 8.32. The maximum absolute atomic E-state index is 12.4. The molecule has 3 nitrogen and oxygen atoms in total. The van der Waals surface area contributed by atoms with Crippen LogP contribution in [0.25, 0.3) is 0 Å². The number of hydrogen-bond acceptors (Lipinski definition) is 3. The van der Waals surface area contributed by atoms with Crippen LogP contribution in [0.1, 0.15) is 22.8 Å². The molecular weight excluding hydrogens is 304 g/mol. The van der Waals surface area contributed by atoms with Gasteiger partial charge in [-0.25, -0.2) is 0 Å². The van der Waals surface area contributed by atoms with Crippen LogP contribution in [0.2, 0.25) is 0 Å². The van der Waals surface area contributed by atoms with E-state index in [1.807, 2.05) is 6.07 Å². The lowest BCUT2D eigenvalue weighted by atomic mass is 10.0. The van der Waals surface area contributed by atoms with Crippen LogP contribution in [0, 0.1) is 0 Å². The van der Waals surface area contributed by atoms with E-state index < -0.39 is 0 Å². The molecule has 1 unspecified atom stereocenters. The lowest BCUT2D eigenvalue weighted by Gasteiger charge is -2.24. The molecule has 1 amide bonds. The van der Waals surface area contributed by atoms with E-state index >= 15 is 0 Å². The van der Waals surface area contributed by atoms with Gasteiger partial charge in [0.2, 0.25) is 5.91 Å². The third-order valence-electron chi connectivity index (χ3n) is 3.88. The number of amides is 1. The Bertz CT molecular complexity index is 533. The van der Waals surface area contributed by atoms with Crippen molar-refractivity contribution >= 4 is 30.1 Å². The smallest absolute Gasteiger partial charge is 0.237 e. The van der Waals surface area contributed by atoms with Crippen LogP contribution in [0.3, 0.4) is 0 Å². The molecule has 0 aliphatic carbocycles. The van der Waals surface area contributed by atoms with Crippen molar-refractivity contribution in [2.24, 2.45) is 0 Å². The fourth-order valence-electron chi connectivity index (χ4n) is 2.73. The molecule has 0 spiro atoms. The van der Waals surface area contributed by atoms with Crippen LogP contribution in [0.15, 0.2) is 35.9 Å². The number of halogens is 1. The van der Waals surface area contributed by atoms with Gasteiger partial charge in [0, 0.05) is 13.1 Å². The molecule has 5 heteroatoms. The van der Waals surface area contributed by atoms with E-state index in [0.29, 0.717) is 6.54 Å². The van der Waals surface area contributed by atoms with Gasteiger partial charge in [-0.2, -0.15) is 0 Å². The Balaban J connectivity index is 0.00000161. The monoisotopic (exact) mass is 324 g/mol. The average molecular weight is 325 g/mol. The summed E-state index contributed by atoms with van der Waals surface area (Å²) in [4.78, 5) is 12.4. The first kappa shape index (κ1) is 16.4. The van der Waals surface area contributed by atoms with E-state index in [1.54, 1.807) is 11.8 Å². The number of rotatable bonds is 3. The van der Waals surface area contributed by atoms with E-state index in [-0.39, 0.29) is 23.6 Å². The van der Waals surface area contributed by atoms with E-state index in [1.165, 1.54) is 16.7 Å². The predicted octanol–water partition coefficient (Wildman–Crippen LogP) is 2.47. The third kappa shape index (κ3) is 4.02. The molecule has 21 heavy (non-hydrogen) atoms. The minimum Gasteiger partial charge on any atom is -0.351 e. The van der Waals surface area contributed by atoms with Gasteiger partial charge >= 0.3 is 0 Å². The Labute approximate surface area is 136 Å². The molecule has 2 aliphatic heterocycles. The lowest BCUT2D eigenvalue weighted by molar-refractivity contribution is -0.120. The van der Waals surface area contributed by atoms with Crippen molar-refractivity contribution in [3.63, 3.8) is 0 Å². The highest BCUT2D eigenvalue weighted by Crippen LogP contribution is 2.36. The zero-order valence-corrected chi connectivity index (χ0v) is 13.6. The number of nitrogens with one attached hydrogen (secondary N) is 2. The molecule has 0 fully saturated rings. The highest BCUT2D eigenvalue weighted by atomic mass is 35.5. The molecule has 0 radical (unpaired) electrons. The topological polar surface area (TPSA) is 41.1 Å². The first-order chi connectivity index (χ1) is 9.84. The first-order valence-corrected chi connectivity index (χ1v) is 8.25. The quantitative estimate of drug-likeness (QED) is 0.839. The second-order valence-electron chi connectivity index (χ2n) is 5.23. The van der Waals surface area contributed by atoms with Crippen molar-refractivity contribution in [3.05, 3.63) is 47.0 Å². The Kier molecular flexibility index (Phi) is 6.15. The number of aryl methyl sites for hydroxylation is 1. The average Bonchev–Trinajstić information content (AvgIpc) is 2.53. The number of hydrogen-bond donors (Lipinski definition) is 2. The summed E-state index contributed by atoms with van der Waals surface area (Å²) in [7, 11) is 0. The Morgan fingerprint density at radius 3 is 3.00 bits per heavy atom. The van der Waals surface area contributed by atoms with Crippen LogP contribution in [-0.2, 0) is 11.2 Å². The molecule has 1 aromatic carbocycles. The summed E-state index contributed by atoms with van der Waals surface area (Å²) in [5, 5.41) is 6.35. The minimum absolute atomic E-state index is 0. The van der Waals surface area contributed by atoms with Gasteiger partial charge in [-0.05, 0) is 36.3 Å². The molecule has 0 aromatic heterocycles. The molecular formula is C16H21ClN2OS. The highest BCUT2D eigenvalue weighted by molar-refractivity contribution is 8.00.